The van der Waals surface area contributed by atoms with Crippen LogP contribution in [-0.4, -0.2) is 35.3 Å². The number of hydrogen-bond donors (Lipinski definition) is 2. The normalized spacial score (nSPS) is 12.2. The number of carbonyl (C=O) groups is 1. The Morgan fingerprint density at radius 2 is 1.91 bits per heavy atom. The van der Waals surface area contributed by atoms with Crippen molar-refractivity contribution in [1.29, 1.82) is 0 Å². The van der Waals surface area contributed by atoms with Gasteiger partial charge in [-0.05, 0) is 54.1 Å². The van der Waals surface area contributed by atoms with Gasteiger partial charge in [-0.25, -0.2) is 0 Å². The highest BCUT2D eigenvalue weighted by molar-refractivity contribution is 7.98. The first-order chi connectivity index (χ1) is 15.3. The van der Waals surface area contributed by atoms with Crippen LogP contribution in [0, 0.1) is 0 Å². The number of nitrogens with zero attached hydrogens (tertiary/aromatic N) is 1. The van der Waals surface area contributed by atoms with E-state index in [1.54, 1.807) is 36.3 Å². The van der Waals surface area contributed by atoms with Crippen LogP contribution in [0.1, 0.15) is 21.5 Å². The van der Waals surface area contributed by atoms with Crippen molar-refractivity contribution >= 4 is 17.7 Å². The molecule has 0 radical (unpaired) electrons. The van der Waals surface area contributed by atoms with E-state index in [2.05, 4.69) is 10.3 Å². The van der Waals surface area contributed by atoms with Gasteiger partial charge in [0.15, 0.2) is 0 Å². The molecule has 3 aromatic rings. The number of halogens is 3. The molecule has 32 heavy (non-hydrogen) atoms. The Morgan fingerprint density at radius 1 is 1.12 bits per heavy atom. The Labute approximate surface area is 187 Å². The molecule has 0 spiro atoms. The number of benzene rings is 2. The van der Waals surface area contributed by atoms with Crippen LogP contribution < -0.4 is 10.1 Å². The summed E-state index contributed by atoms with van der Waals surface area (Å²) >= 11 is 1.62. The maximum atomic E-state index is 12.7. The van der Waals surface area contributed by atoms with Gasteiger partial charge in [0.05, 0.1) is 5.56 Å². The summed E-state index contributed by atoms with van der Waals surface area (Å²) in [6.45, 7) is -0.360. The summed E-state index contributed by atoms with van der Waals surface area (Å²) in [5.41, 5.74) is 0.697. The number of hydrogen-bond acceptors (Lipinski definition) is 5. The first-order valence-electron chi connectivity index (χ1n) is 9.69. The van der Waals surface area contributed by atoms with Gasteiger partial charge in [0.2, 0.25) is 0 Å². The first kappa shape index (κ1) is 23.6. The summed E-state index contributed by atoms with van der Waals surface area (Å²) in [5, 5.41) is 12.6. The topological polar surface area (TPSA) is 71.5 Å². The number of carbonyl (C=O) groups excluding carboxylic acids is 1. The van der Waals surface area contributed by atoms with E-state index in [1.165, 1.54) is 12.1 Å². The largest absolute Gasteiger partial charge is 0.491 e. The van der Waals surface area contributed by atoms with Gasteiger partial charge in [-0.15, -0.1) is 11.8 Å². The number of amides is 1. The molecular formula is C23H21F3N2O3S. The van der Waals surface area contributed by atoms with Crippen LogP contribution in [0.3, 0.4) is 0 Å². The molecule has 0 saturated heterocycles. The number of alkyl halides is 3. The van der Waals surface area contributed by atoms with E-state index in [0.717, 1.165) is 28.3 Å². The van der Waals surface area contributed by atoms with Gasteiger partial charge < -0.3 is 15.2 Å². The highest BCUT2D eigenvalue weighted by Gasteiger charge is 2.30. The minimum Gasteiger partial charge on any atom is -0.491 e. The summed E-state index contributed by atoms with van der Waals surface area (Å²) in [7, 11) is 0. The summed E-state index contributed by atoms with van der Waals surface area (Å²) in [4.78, 5) is 17.3. The molecular weight excluding hydrogens is 441 g/mol. The van der Waals surface area contributed by atoms with E-state index >= 15 is 0 Å². The lowest BCUT2D eigenvalue weighted by molar-refractivity contribution is -0.137. The van der Waals surface area contributed by atoms with Crippen LogP contribution in [0.15, 0.2) is 78.0 Å². The first-order valence-corrected chi connectivity index (χ1v) is 10.7. The molecule has 3 rings (SSSR count). The fourth-order valence-corrected chi connectivity index (χ4v) is 3.51. The number of thioether (sulfide) groups is 1. The second kappa shape index (κ2) is 11.0. The molecule has 1 heterocycles. The molecule has 0 saturated carbocycles. The third kappa shape index (κ3) is 7.28. The second-order valence-electron chi connectivity index (χ2n) is 6.87. The molecule has 1 amide bonds. The number of rotatable bonds is 9. The zero-order chi connectivity index (χ0) is 23.0. The average molecular weight is 462 g/mol. The monoisotopic (exact) mass is 462 g/mol. The van der Waals surface area contributed by atoms with Crippen molar-refractivity contribution in [3.8, 4) is 5.75 Å². The number of aliphatic hydroxyl groups is 1. The molecule has 1 aromatic heterocycles. The van der Waals surface area contributed by atoms with Crippen LogP contribution in [0.5, 0.6) is 5.75 Å². The van der Waals surface area contributed by atoms with Crippen LogP contribution in [0.2, 0.25) is 0 Å². The Hall–Kier alpha value is -3.04. The molecule has 1 atom stereocenters. The molecule has 2 N–H and O–H groups in total. The predicted molar refractivity (Wildman–Crippen MR) is 116 cm³/mol. The SMILES string of the molecule is O=C(NCC(O)COc1cccc(C(F)(F)F)c1)c1ccc(SCc2cccnc2)cc1. The molecule has 0 aliphatic heterocycles. The summed E-state index contributed by atoms with van der Waals surface area (Å²) in [5.74, 6) is 0.383. The molecule has 5 nitrogen and oxygen atoms in total. The highest BCUT2D eigenvalue weighted by atomic mass is 32.2. The van der Waals surface area contributed by atoms with Gasteiger partial charge in [0.1, 0.15) is 18.5 Å². The molecule has 9 heteroatoms. The van der Waals surface area contributed by atoms with E-state index in [1.807, 2.05) is 24.3 Å². The average Bonchev–Trinajstić information content (AvgIpc) is 2.80. The Balaban J connectivity index is 1.43. The summed E-state index contributed by atoms with van der Waals surface area (Å²) < 4.78 is 43.4. The van der Waals surface area contributed by atoms with Crippen molar-refractivity contribution in [2.45, 2.75) is 22.9 Å². The van der Waals surface area contributed by atoms with Crippen LogP contribution in [0.25, 0.3) is 0 Å². The molecule has 0 aliphatic carbocycles. The van der Waals surface area contributed by atoms with Gasteiger partial charge in [-0.1, -0.05) is 12.1 Å². The van der Waals surface area contributed by atoms with Crippen LogP contribution >= 0.6 is 11.8 Å². The number of nitrogens with one attached hydrogen (secondary N) is 1. The number of pyridine rings is 1. The molecule has 0 aliphatic rings. The Bertz CT molecular complexity index is 1020. The van der Waals surface area contributed by atoms with Crippen molar-refractivity contribution in [3.63, 3.8) is 0 Å². The minimum atomic E-state index is -4.47. The molecule has 2 aromatic carbocycles. The van der Waals surface area contributed by atoms with Gasteiger partial charge in [-0.2, -0.15) is 13.2 Å². The maximum absolute atomic E-state index is 12.7. The molecule has 0 fully saturated rings. The minimum absolute atomic E-state index is 0.00965. The van der Waals surface area contributed by atoms with Crippen LogP contribution in [-0.2, 0) is 11.9 Å². The lowest BCUT2D eigenvalue weighted by atomic mass is 10.2. The maximum Gasteiger partial charge on any atom is 0.416 e. The van der Waals surface area contributed by atoms with Crippen molar-refractivity contribution in [2.24, 2.45) is 0 Å². The predicted octanol–water partition coefficient (Wildman–Crippen LogP) is 4.56. The zero-order valence-corrected chi connectivity index (χ0v) is 17.7. The van der Waals surface area contributed by atoms with E-state index in [4.69, 9.17) is 4.74 Å². The number of aromatic nitrogens is 1. The lowest BCUT2D eigenvalue weighted by Gasteiger charge is -2.14. The fourth-order valence-electron chi connectivity index (χ4n) is 2.68. The van der Waals surface area contributed by atoms with E-state index in [9.17, 15) is 23.1 Å². The van der Waals surface area contributed by atoms with E-state index < -0.39 is 17.8 Å². The van der Waals surface area contributed by atoms with E-state index in [-0.39, 0.29) is 24.8 Å². The molecule has 1 unspecified atom stereocenters. The third-order valence-electron chi connectivity index (χ3n) is 4.35. The third-order valence-corrected chi connectivity index (χ3v) is 5.43. The highest BCUT2D eigenvalue weighted by Crippen LogP contribution is 2.31. The lowest BCUT2D eigenvalue weighted by Crippen LogP contribution is -2.35. The second-order valence-corrected chi connectivity index (χ2v) is 7.92. The van der Waals surface area contributed by atoms with Crippen LogP contribution in [0.4, 0.5) is 13.2 Å². The Kier molecular flexibility index (Phi) is 8.13. The van der Waals surface area contributed by atoms with Gasteiger partial charge in [0.25, 0.3) is 5.91 Å². The smallest absolute Gasteiger partial charge is 0.416 e. The van der Waals surface area contributed by atoms with E-state index in [0.29, 0.717) is 5.56 Å². The molecule has 0 bridgehead atoms. The van der Waals surface area contributed by atoms with Gasteiger partial charge in [-0.3, -0.25) is 9.78 Å². The molecule has 168 valence electrons. The van der Waals surface area contributed by atoms with Crippen molar-refractivity contribution in [3.05, 3.63) is 89.7 Å². The quantitative estimate of drug-likeness (QED) is 0.456. The number of ether oxygens (including phenoxy) is 1. The zero-order valence-electron chi connectivity index (χ0n) is 16.9. The van der Waals surface area contributed by atoms with Crippen molar-refractivity contribution < 1.29 is 27.8 Å². The summed E-state index contributed by atoms with van der Waals surface area (Å²) in [6.07, 6.45) is -2.03. The summed E-state index contributed by atoms with van der Waals surface area (Å²) in [6, 6.07) is 15.3. The fraction of sp³-hybridized carbons (Fsp3) is 0.217. The Morgan fingerprint density at radius 3 is 2.59 bits per heavy atom. The van der Waals surface area contributed by atoms with Gasteiger partial charge in [0, 0.05) is 35.2 Å². The van der Waals surface area contributed by atoms with Gasteiger partial charge >= 0.3 is 6.18 Å². The van der Waals surface area contributed by atoms with Crippen molar-refractivity contribution in [1.82, 2.24) is 10.3 Å². The number of aliphatic hydroxyl groups excluding tert-OH is 1. The standard InChI is InChI=1S/C23H21F3N2O3S/c24-23(25,26)18-4-1-5-20(11-18)31-14-19(29)13-28-22(30)17-6-8-21(9-7-17)32-15-16-3-2-10-27-12-16/h1-12,19,29H,13-15H2,(H,28,30). The van der Waals surface area contributed by atoms with Crippen molar-refractivity contribution in [2.75, 3.05) is 13.2 Å².